The summed E-state index contributed by atoms with van der Waals surface area (Å²) in [6.45, 7) is 1.40. The topological polar surface area (TPSA) is 84.9 Å². The van der Waals surface area contributed by atoms with Gasteiger partial charge >= 0.3 is 12.3 Å². The van der Waals surface area contributed by atoms with Crippen molar-refractivity contribution in [2.75, 3.05) is 5.32 Å². The van der Waals surface area contributed by atoms with Crippen molar-refractivity contribution >= 4 is 17.6 Å². The minimum atomic E-state index is -1.46. The molecule has 0 radical (unpaired) electrons. The number of carboxylic acids is 1. The molecule has 0 aliphatic heterocycles. The summed E-state index contributed by atoms with van der Waals surface area (Å²) in [5.41, 5.74) is 0.593. The molecule has 1 amide bonds. The van der Waals surface area contributed by atoms with E-state index in [2.05, 4.69) is 5.32 Å². The number of benzene rings is 2. The number of carbonyl (C=O) groups is 2. The minimum absolute atomic E-state index is 0.190. The number of anilines is 1. The van der Waals surface area contributed by atoms with Gasteiger partial charge in [-0.1, -0.05) is 18.2 Å². The molecule has 0 heterocycles. The summed E-state index contributed by atoms with van der Waals surface area (Å²) in [7, 11) is 0. The third-order valence-electron chi connectivity index (χ3n) is 2.61. The Labute approximate surface area is 127 Å². The van der Waals surface area contributed by atoms with E-state index in [1.54, 1.807) is 54.6 Å². The zero-order valence-corrected chi connectivity index (χ0v) is 11.9. The second-order valence-corrected chi connectivity index (χ2v) is 4.42. The molecule has 0 aliphatic carbocycles. The predicted octanol–water partition coefficient (Wildman–Crippen LogP) is 2.51. The molecule has 6 nitrogen and oxygen atoms in total. The number of para-hydroxylation sites is 1. The molecule has 0 spiro atoms. The Bertz CT molecular complexity index is 639. The maximum atomic E-state index is 11.2. The number of carboxylic acid groups (broad SMARTS) is 1. The van der Waals surface area contributed by atoms with E-state index in [-0.39, 0.29) is 5.91 Å². The van der Waals surface area contributed by atoms with E-state index in [4.69, 9.17) is 14.6 Å². The fraction of sp³-hybridized carbons (Fsp3) is 0.125. The minimum Gasteiger partial charge on any atom is -0.476 e. The Morgan fingerprint density at radius 3 is 2.00 bits per heavy atom. The van der Waals surface area contributed by atoms with Crippen LogP contribution in [0.5, 0.6) is 11.5 Å². The molecular weight excluding hydrogens is 286 g/mol. The first-order valence-electron chi connectivity index (χ1n) is 6.53. The summed E-state index contributed by atoms with van der Waals surface area (Å²) in [4.78, 5) is 22.1. The van der Waals surface area contributed by atoms with Crippen molar-refractivity contribution in [3.63, 3.8) is 0 Å². The van der Waals surface area contributed by atoms with E-state index in [1.807, 2.05) is 0 Å². The van der Waals surface area contributed by atoms with E-state index in [0.29, 0.717) is 17.2 Å². The normalized spacial score (nSPS) is 11.3. The van der Waals surface area contributed by atoms with Crippen LogP contribution >= 0.6 is 0 Å². The SMILES string of the molecule is CC(=O)Nc1ccc(OC(Oc2ccccc2)C(=O)O)cc1. The summed E-state index contributed by atoms with van der Waals surface area (Å²) in [5.74, 6) is -0.721. The van der Waals surface area contributed by atoms with Crippen molar-refractivity contribution in [2.45, 2.75) is 13.2 Å². The van der Waals surface area contributed by atoms with Crippen molar-refractivity contribution in [2.24, 2.45) is 0 Å². The molecule has 0 saturated heterocycles. The Morgan fingerprint density at radius 1 is 0.955 bits per heavy atom. The van der Waals surface area contributed by atoms with Crippen molar-refractivity contribution in [1.29, 1.82) is 0 Å². The molecule has 2 rings (SSSR count). The summed E-state index contributed by atoms with van der Waals surface area (Å²) < 4.78 is 10.6. The molecule has 0 saturated carbocycles. The predicted molar refractivity (Wildman–Crippen MR) is 79.9 cm³/mol. The van der Waals surface area contributed by atoms with Gasteiger partial charge in [-0.15, -0.1) is 0 Å². The van der Waals surface area contributed by atoms with Crippen molar-refractivity contribution in [3.8, 4) is 11.5 Å². The van der Waals surface area contributed by atoms with E-state index >= 15 is 0 Å². The Morgan fingerprint density at radius 2 is 1.50 bits per heavy atom. The number of hydrogen-bond donors (Lipinski definition) is 2. The van der Waals surface area contributed by atoms with Crippen LogP contribution in [-0.4, -0.2) is 23.3 Å². The molecule has 6 heteroatoms. The van der Waals surface area contributed by atoms with Crippen LogP contribution in [0, 0.1) is 0 Å². The van der Waals surface area contributed by atoms with Crippen molar-refractivity contribution in [1.82, 2.24) is 0 Å². The molecule has 0 bridgehead atoms. The fourth-order valence-electron chi connectivity index (χ4n) is 1.69. The lowest BCUT2D eigenvalue weighted by Gasteiger charge is -2.16. The monoisotopic (exact) mass is 301 g/mol. The van der Waals surface area contributed by atoms with Gasteiger partial charge in [-0.25, -0.2) is 4.79 Å². The lowest BCUT2D eigenvalue weighted by molar-refractivity contribution is -0.158. The molecule has 2 aromatic rings. The number of nitrogens with one attached hydrogen (secondary N) is 1. The second-order valence-electron chi connectivity index (χ2n) is 4.42. The molecule has 0 fully saturated rings. The Balaban J connectivity index is 2.04. The zero-order valence-electron chi connectivity index (χ0n) is 11.9. The zero-order chi connectivity index (χ0) is 15.9. The van der Waals surface area contributed by atoms with Crippen LogP contribution in [0.15, 0.2) is 54.6 Å². The van der Waals surface area contributed by atoms with Crippen LogP contribution in [-0.2, 0) is 9.59 Å². The van der Waals surface area contributed by atoms with Gasteiger partial charge in [0.2, 0.25) is 5.91 Å². The van der Waals surface area contributed by atoms with E-state index in [9.17, 15) is 9.59 Å². The van der Waals surface area contributed by atoms with Gasteiger partial charge < -0.3 is 19.9 Å². The molecule has 2 N–H and O–H groups in total. The quantitative estimate of drug-likeness (QED) is 0.801. The van der Waals surface area contributed by atoms with Gasteiger partial charge in [0.25, 0.3) is 0 Å². The molecule has 22 heavy (non-hydrogen) atoms. The summed E-state index contributed by atoms with van der Waals surface area (Å²) in [6.07, 6.45) is -1.46. The first-order valence-corrected chi connectivity index (χ1v) is 6.53. The van der Waals surface area contributed by atoms with Gasteiger partial charge in [0.05, 0.1) is 0 Å². The van der Waals surface area contributed by atoms with Gasteiger partial charge in [-0.2, -0.15) is 0 Å². The highest BCUT2D eigenvalue weighted by Gasteiger charge is 2.21. The maximum Gasteiger partial charge on any atom is 0.387 e. The molecule has 0 aliphatic rings. The summed E-state index contributed by atoms with van der Waals surface area (Å²) >= 11 is 0. The van der Waals surface area contributed by atoms with Gasteiger partial charge in [-0.3, -0.25) is 4.79 Å². The van der Waals surface area contributed by atoms with Crippen LogP contribution in [0.25, 0.3) is 0 Å². The highest BCUT2D eigenvalue weighted by molar-refractivity contribution is 5.88. The molecule has 2 aromatic carbocycles. The van der Waals surface area contributed by atoms with E-state index < -0.39 is 12.3 Å². The molecule has 1 atom stereocenters. The molecular formula is C16H15NO5. The van der Waals surface area contributed by atoms with Crippen molar-refractivity contribution < 1.29 is 24.2 Å². The second kappa shape index (κ2) is 7.12. The van der Waals surface area contributed by atoms with Gasteiger partial charge in [0.1, 0.15) is 11.5 Å². The van der Waals surface area contributed by atoms with Crippen LogP contribution in [0.1, 0.15) is 6.92 Å². The largest absolute Gasteiger partial charge is 0.476 e. The number of ether oxygens (including phenoxy) is 2. The number of amides is 1. The van der Waals surface area contributed by atoms with Crippen molar-refractivity contribution in [3.05, 3.63) is 54.6 Å². The third kappa shape index (κ3) is 4.52. The molecule has 0 aromatic heterocycles. The van der Waals surface area contributed by atoms with Crippen LogP contribution < -0.4 is 14.8 Å². The number of carbonyl (C=O) groups excluding carboxylic acids is 1. The van der Waals surface area contributed by atoms with E-state index in [0.717, 1.165) is 0 Å². The first kappa shape index (κ1) is 15.4. The summed E-state index contributed by atoms with van der Waals surface area (Å²) in [5, 5.41) is 11.8. The van der Waals surface area contributed by atoms with Crippen LogP contribution in [0.2, 0.25) is 0 Å². The van der Waals surface area contributed by atoms with Crippen LogP contribution in [0.4, 0.5) is 5.69 Å². The third-order valence-corrected chi connectivity index (χ3v) is 2.61. The summed E-state index contributed by atoms with van der Waals surface area (Å²) in [6, 6.07) is 14.9. The van der Waals surface area contributed by atoms with E-state index in [1.165, 1.54) is 6.92 Å². The average molecular weight is 301 g/mol. The van der Waals surface area contributed by atoms with Crippen LogP contribution in [0.3, 0.4) is 0 Å². The standard InChI is InChI=1S/C16H15NO5/c1-11(18)17-12-7-9-14(10-8-12)22-16(15(19)20)21-13-5-3-2-4-6-13/h2-10,16H,1H3,(H,17,18)(H,19,20). The molecule has 1 unspecified atom stereocenters. The smallest absolute Gasteiger partial charge is 0.387 e. The Kier molecular flexibility index (Phi) is 4.98. The lowest BCUT2D eigenvalue weighted by Crippen LogP contribution is -2.33. The first-order chi connectivity index (χ1) is 10.5. The fourth-order valence-corrected chi connectivity index (χ4v) is 1.69. The number of aliphatic carboxylic acids is 1. The number of rotatable bonds is 6. The van der Waals surface area contributed by atoms with Gasteiger partial charge in [-0.05, 0) is 36.4 Å². The number of hydrogen-bond acceptors (Lipinski definition) is 4. The Hall–Kier alpha value is -3.02. The average Bonchev–Trinajstić information content (AvgIpc) is 2.49. The molecule has 114 valence electrons. The lowest BCUT2D eigenvalue weighted by atomic mass is 10.3. The van der Waals surface area contributed by atoms with Gasteiger partial charge in [0, 0.05) is 12.6 Å². The van der Waals surface area contributed by atoms with Gasteiger partial charge in [0.15, 0.2) is 0 Å². The maximum absolute atomic E-state index is 11.2. The highest BCUT2D eigenvalue weighted by Crippen LogP contribution is 2.19. The highest BCUT2D eigenvalue weighted by atomic mass is 16.7.